The zero-order chi connectivity index (χ0) is 36.3. The first-order valence-electron chi connectivity index (χ1n) is 17.9. The van der Waals surface area contributed by atoms with Crippen molar-refractivity contribution < 1.29 is 0 Å². The fraction of sp³-hybridized carbons (Fsp3) is 0. The fourth-order valence-electron chi connectivity index (χ4n) is 6.90. The van der Waals surface area contributed by atoms with Crippen molar-refractivity contribution in [2.24, 2.45) is 0 Å². The highest BCUT2D eigenvalue weighted by Crippen LogP contribution is 2.36. The number of pyridine rings is 1. The largest absolute Gasteiger partial charge is 0.248 e. The lowest BCUT2D eigenvalue weighted by molar-refractivity contribution is 1.29. The van der Waals surface area contributed by atoms with Crippen LogP contribution in [0, 0.1) is 11.3 Å². The molecule has 0 aliphatic carbocycles. The molecule has 0 aliphatic rings. The zero-order valence-corrected chi connectivity index (χ0v) is 29.3. The van der Waals surface area contributed by atoms with Gasteiger partial charge in [0.05, 0.1) is 45.4 Å². The van der Waals surface area contributed by atoms with Crippen molar-refractivity contribution in [1.29, 1.82) is 5.26 Å². The molecular formula is C50H32N4. The fourth-order valence-corrected chi connectivity index (χ4v) is 6.90. The van der Waals surface area contributed by atoms with Gasteiger partial charge in [0.25, 0.3) is 0 Å². The van der Waals surface area contributed by atoms with Crippen LogP contribution in [0.3, 0.4) is 0 Å². The summed E-state index contributed by atoms with van der Waals surface area (Å²) in [5.74, 6) is 0. The van der Waals surface area contributed by atoms with E-state index in [0.717, 1.165) is 78.3 Å². The van der Waals surface area contributed by atoms with Crippen molar-refractivity contribution in [3.05, 3.63) is 200 Å². The summed E-state index contributed by atoms with van der Waals surface area (Å²) in [5, 5.41) is 9.39. The average Bonchev–Trinajstić information content (AvgIpc) is 3.26. The van der Waals surface area contributed by atoms with E-state index in [1.54, 1.807) is 0 Å². The van der Waals surface area contributed by atoms with E-state index < -0.39 is 0 Å². The van der Waals surface area contributed by atoms with Crippen molar-refractivity contribution in [2.45, 2.75) is 0 Å². The van der Waals surface area contributed by atoms with Crippen LogP contribution in [0.1, 0.15) is 5.56 Å². The Balaban J connectivity index is 1.16. The van der Waals surface area contributed by atoms with E-state index in [1.807, 2.05) is 60.7 Å². The van der Waals surface area contributed by atoms with Crippen LogP contribution in [0.2, 0.25) is 0 Å². The smallest absolute Gasteiger partial charge is 0.0991 e. The molecule has 0 saturated heterocycles. The molecular weight excluding hydrogens is 657 g/mol. The second-order valence-corrected chi connectivity index (χ2v) is 13.2. The number of rotatable bonds is 7. The molecule has 0 amide bonds. The van der Waals surface area contributed by atoms with Crippen molar-refractivity contribution >= 4 is 11.0 Å². The second kappa shape index (κ2) is 14.3. The highest BCUT2D eigenvalue weighted by Gasteiger charge is 2.15. The van der Waals surface area contributed by atoms with Crippen LogP contribution < -0.4 is 0 Å². The first kappa shape index (κ1) is 32.4. The van der Waals surface area contributed by atoms with E-state index in [4.69, 9.17) is 15.0 Å². The van der Waals surface area contributed by atoms with Crippen molar-refractivity contribution in [3.8, 4) is 84.5 Å². The third-order valence-corrected chi connectivity index (χ3v) is 9.71. The first-order chi connectivity index (χ1) is 26.7. The molecule has 0 radical (unpaired) electrons. The lowest BCUT2D eigenvalue weighted by Crippen LogP contribution is -1.96. The summed E-state index contributed by atoms with van der Waals surface area (Å²) >= 11 is 0. The summed E-state index contributed by atoms with van der Waals surface area (Å²) in [6.45, 7) is 0. The van der Waals surface area contributed by atoms with Crippen LogP contribution >= 0.6 is 0 Å². The summed E-state index contributed by atoms with van der Waals surface area (Å²) in [4.78, 5) is 15.4. The maximum atomic E-state index is 9.39. The standard InChI is InChI=1S/C50H32N4/c51-33-34-21-23-38(24-22-34)49-50(54-46-20-8-7-19-45(46)53-49)39-27-25-37(26-28-39)44-31-47(42-17-9-15-40(29-42)35-11-3-1-4-12-35)52-48(32-44)43-18-10-16-41(30-43)36-13-5-2-6-14-36/h1-32H. The van der Waals surface area contributed by atoms with Crippen LogP contribution in [0.4, 0.5) is 0 Å². The highest BCUT2D eigenvalue weighted by atomic mass is 14.8. The molecule has 0 bridgehead atoms. The van der Waals surface area contributed by atoms with Gasteiger partial charge in [-0.3, -0.25) is 0 Å². The maximum Gasteiger partial charge on any atom is 0.0991 e. The molecule has 0 fully saturated rings. The Labute approximate surface area is 314 Å². The normalized spacial score (nSPS) is 10.9. The first-order valence-corrected chi connectivity index (χ1v) is 17.9. The molecule has 0 unspecified atom stereocenters. The van der Waals surface area contributed by atoms with Gasteiger partial charge in [-0.15, -0.1) is 0 Å². The van der Waals surface area contributed by atoms with Crippen LogP contribution in [0.5, 0.6) is 0 Å². The zero-order valence-electron chi connectivity index (χ0n) is 29.3. The van der Waals surface area contributed by atoms with E-state index in [9.17, 15) is 5.26 Å². The number of hydrogen-bond acceptors (Lipinski definition) is 4. The summed E-state index contributed by atoms with van der Waals surface area (Å²) in [7, 11) is 0. The van der Waals surface area contributed by atoms with E-state index in [1.165, 1.54) is 11.1 Å². The predicted octanol–water partition coefficient (Wildman–Crippen LogP) is 12.6. The Morgan fingerprint density at radius 1 is 0.296 bits per heavy atom. The highest BCUT2D eigenvalue weighted by molar-refractivity contribution is 5.87. The van der Waals surface area contributed by atoms with E-state index in [0.29, 0.717) is 5.56 Å². The molecule has 0 atom stereocenters. The molecule has 9 rings (SSSR count). The predicted molar refractivity (Wildman–Crippen MR) is 220 cm³/mol. The van der Waals surface area contributed by atoms with Crippen LogP contribution in [0.25, 0.3) is 89.4 Å². The summed E-state index contributed by atoms with van der Waals surface area (Å²) in [5.41, 5.74) is 16.3. The minimum absolute atomic E-state index is 0.605. The van der Waals surface area contributed by atoms with Gasteiger partial charge < -0.3 is 0 Å². The Morgan fingerprint density at radius 3 is 1.17 bits per heavy atom. The van der Waals surface area contributed by atoms with Crippen molar-refractivity contribution in [1.82, 2.24) is 15.0 Å². The minimum atomic E-state index is 0.605. The van der Waals surface area contributed by atoms with Crippen LogP contribution in [-0.2, 0) is 0 Å². The SMILES string of the molecule is N#Cc1ccc(-c2nc3ccccc3nc2-c2ccc(-c3cc(-c4cccc(-c5ccccc5)c4)nc(-c4cccc(-c5ccccc5)c4)c3)cc2)cc1. The summed E-state index contributed by atoms with van der Waals surface area (Å²) < 4.78 is 0. The number of fused-ring (bicyclic) bond motifs is 1. The molecule has 54 heavy (non-hydrogen) atoms. The van der Waals surface area contributed by atoms with Gasteiger partial charge >= 0.3 is 0 Å². The number of benzene rings is 7. The molecule has 7 aromatic carbocycles. The Kier molecular flexibility index (Phi) is 8.57. The quantitative estimate of drug-likeness (QED) is 0.167. The Bertz CT molecular complexity index is 2700. The van der Waals surface area contributed by atoms with Gasteiger partial charge in [0, 0.05) is 22.3 Å². The van der Waals surface area contributed by atoms with Gasteiger partial charge in [-0.05, 0) is 81.9 Å². The van der Waals surface area contributed by atoms with Gasteiger partial charge in [-0.25, -0.2) is 15.0 Å². The lowest BCUT2D eigenvalue weighted by Gasteiger charge is -2.13. The topological polar surface area (TPSA) is 62.5 Å². The van der Waals surface area contributed by atoms with Gasteiger partial charge in [-0.2, -0.15) is 5.26 Å². The lowest BCUT2D eigenvalue weighted by atomic mass is 9.95. The summed E-state index contributed by atoms with van der Waals surface area (Å²) in [6, 6.07) is 68.7. The van der Waals surface area contributed by atoms with Crippen LogP contribution in [-0.4, -0.2) is 15.0 Å². The molecule has 0 aliphatic heterocycles. The summed E-state index contributed by atoms with van der Waals surface area (Å²) in [6.07, 6.45) is 0. The van der Waals surface area contributed by atoms with Gasteiger partial charge in [0.15, 0.2) is 0 Å². The number of para-hydroxylation sites is 2. The molecule has 0 N–H and O–H groups in total. The average molecular weight is 689 g/mol. The molecule has 4 heteroatoms. The third-order valence-electron chi connectivity index (χ3n) is 9.71. The van der Waals surface area contributed by atoms with Gasteiger partial charge in [0.1, 0.15) is 0 Å². The monoisotopic (exact) mass is 688 g/mol. The number of aromatic nitrogens is 3. The third kappa shape index (κ3) is 6.54. The molecule has 2 heterocycles. The Morgan fingerprint density at radius 2 is 0.685 bits per heavy atom. The number of nitrogens with zero attached hydrogens (tertiary/aromatic N) is 4. The van der Waals surface area contributed by atoms with E-state index >= 15 is 0 Å². The molecule has 252 valence electrons. The van der Waals surface area contributed by atoms with Crippen molar-refractivity contribution in [2.75, 3.05) is 0 Å². The molecule has 2 aromatic heterocycles. The van der Waals surface area contributed by atoms with Crippen molar-refractivity contribution in [3.63, 3.8) is 0 Å². The molecule has 0 saturated carbocycles. The van der Waals surface area contributed by atoms with E-state index in [-0.39, 0.29) is 0 Å². The molecule has 0 spiro atoms. The van der Waals surface area contributed by atoms with Gasteiger partial charge in [0.2, 0.25) is 0 Å². The molecule has 4 nitrogen and oxygen atoms in total. The van der Waals surface area contributed by atoms with E-state index in [2.05, 4.69) is 140 Å². The molecule has 9 aromatic rings. The number of hydrogen-bond donors (Lipinski definition) is 0. The second-order valence-electron chi connectivity index (χ2n) is 13.2. The van der Waals surface area contributed by atoms with Crippen LogP contribution in [0.15, 0.2) is 194 Å². The minimum Gasteiger partial charge on any atom is -0.248 e. The Hall–Kier alpha value is -7.48. The van der Waals surface area contributed by atoms with Gasteiger partial charge in [-0.1, -0.05) is 146 Å². The maximum absolute atomic E-state index is 9.39. The number of nitriles is 1.